The Kier molecular flexibility index (Phi) is 3.95. The molecule has 0 aliphatic rings. The molecule has 1 atom stereocenters. The lowest BCUT2D eigenvalue weighted by atomic mass is 10.0. The van der Waals surface area contributed by atoms with Gasteiger partial charge in [-0.2, -0.15) is 0 Å². The van der Waals surface area contributed by atoms with Crippen LogP contribution in [0.4, 0.5) is 13.2 Å². The average molecular weight is 249 g/mol. The van der Waals surface area contributed by atoms with E-state index in [4.69, 9.17) is 10.8 Å². The zero-order valence-electron chi connectivity index (χ0n) is 8.57. The molecule has 17 heavy (non-hydrogen) atoms. The molecule has 94 valence electrons. The zero-order chi connectivity index (χ0) is 13.1. The van der Waals surface area contributed by atoms with Gasteiger partial charge in [0.2, 0.25) is 0 Å². The normalized spacial score (nSPS) is 13.2. The fraction of sp³-hybridized carbons (Fsp3) is 0.300. The van der Waals surface area contributed by atoms with Crippen molar-refractivity contribution in [2.45, 2.75) is 18.8 Å². The standard InChI is InChI=1S/C10H10F3NO3/c11-10(12,13)17-8-4-2-1-3-6(8)7(14)5-9(15)16/h1-4,7H,5,14H2,(H,15,16). The molecular weight excluding hydrogens is 239 g/mol. The fourth-order valence-electron chi connectivity index (χ4n) is 1.30. The first-order valence-electron chi connectivity index (χ1n) is 4.61. The van der Waals surface area contributed by atoms with Gasteiger partial charge in [0.15, 0.2) is 0 Å². The number of rotatable bonds is 4. The van der Waals surface area contributed by atoms with Gasteiger partial charge in [0.25, 0.3) is 0 Å². The molecule has 0 heterocycles. The molecule has 1 aromatic carbocycles. The smallest absolute Gasteiger partial charge is 0.481 e. The Balaban J connectivity index is 2.95. The van der Waals surface area contributed by atoms with Gasteiger partial charge in [-0.05, 0) is 6.07 Å². The maximum absolute atomic E-state index is 12.1. The second-order valence-electron chi connectivity index (χ2n) is 3.29. The quantitative estimate of drug-likeness (QED) is 0.856. The molecule has 0 bridgehead atoms. The van der Waals surface area contributed by atoms with E-state index in [2.05, 4.69) is 4.74 Å². The van der Waals surface area contributed by atoms with Crippen LogP contribution in [-0.4, -0.2) is 17.4 Å². The summed E-state index contributed by atoms with van der Waals surface area (Å²) in [5.74, 6) is -1.67. The first-order valence-corrected chi connectivity index (χ1v) is 4.61. The molecule has 1 aromatic rings. The van der Waals surface area contributed by atoms with E-state index in [0.29, 0.717) is 0 Å². The van der Waals surface area contributed by atoms with Gasteiger partial charge in [-0.15, -0.1) is 13.2 Å². The van der Waals surface area contributed by atoms with E-state index >= 15 is 0 Å². The maximum Gasteiger partial charge on any atom is 0.573 e. The van der Waals surface area contributed by atoms with E-state index in [0.717, 1.165) is 6.07 Å². The van der Waals surface area contributed by atoms with Crippen LogP contribution in [0.5, 0.6) is 5.75 Å². The van der Waals surface area contributed by atoms with Crippen molar-refractivity contribution >= 4 is 5.97 Å². The van der Waals surface area contributed by atoms with Crippen molar-refractivity contribution in [3.8, 4) is 5.75 Å². The summed E-state index contributed by atoms with van der Waals surface area (Å²) >= 11 is 0. The third kappa shape index (κ3) is 4.31. The van der Waals surface area contributed by atoms with E-state index in [1.807, 2.05) is 0 Å². The van der Waals surface area contributed by atoms with Crippen molar-refractivity contribution in [3.05, 3.63) is 29.8 Å². The van der Waals surface area contributed by atoms with E-state index in [1.165, 1.54) is 18.2 Å². The van der Waals surface area contributed by atoms with Crippen molar-refractivity contribution in [1.29, 1.82) is 0 Å². The van der Waals surface area contributed by atoms with Gasteiger partial charge in [-0.25, -0.2) is 0 Å². The number of carboxylic acid groups (broad SMARTS) is 1. The SMILES string of the molecule is NC(CC(=O)O)c1ccccc1OC(F)(F)F. The van der Waals surface area contributed by atoms with Crippen LogP contribution in [0.3, 0.4) is 0 Å². The maximum atomic E-state index is 12.1. The van der Waals surface area contributed by atoms with E-state index in [-0.39, 0.29) is 5.56 Å². The molecule has 0 aliphatic carbocycles. The molecule has 1 rings (SSSR count). The molecular formula is C10H10F3NO3. The summed E-state index contributed by atoms with van der Waals surface area (Å²) in [7, 11) is 0. The molecule has 0 saturated carbocycles. The fourth-order valence-corrected chi connectivity index (χ4v) is 1.30. The van der Waals surface area contributed by atoms with Gasteiger partial charge in [-0.3, -0.25) is 4.79 Å². The number of carbonyl (C=O) groups is 1. The van der Waals surface area contributed by atoms with E-state index < -0.39 is 30.5 Å². The van der Waals surface area contributed by atoms with Crippen molar-refractivity contribution < 1.29 is 27.8 Å². The van der Waals surface area contributed by atoms with Crippen molar-refractivity contribution in [2.75, 3.05) is 0 Å². The highest BCUT2D eigenvalue weighted by Gasteiger charge is 2.32. The van der Waals surface area contributed by atoms with Crippen LogP contribution < -0.4 is 10.5 Å². The Morgan fingerprint density at radius 3 is 2.53 bits per heavy atom. The number of alkyl halides is 3. The number of hydrogen-bond donors (Lipinski definition) is 2. The summed E-state index contributed by atoms with van der Waals surface area (Å²) in [6.45, 7) is 0. The topological polar surface area (TPSA) is 72.6 Å². The lowest BCUT2D eigenvalue weighted by molar-refractivity contribution is -0.274. The predicted molar refractivity (Wildman–Crippen MR) is 52.3 cm³/mol. The molecule has 0 spiro atoms. The van der Waals surface area contributed by atoms with Gasteiger partial charge < -0.3 is 15.6 Å². The molecule has 7 heteroatoms. The van der Waals surface area contributed by atoms with Gasteiger partial charge >= 0.3 is 12.3 Å². The summed E-state index contributed by atoms with van der Waals surface area (Å²) in [4.78, 5) is 10.4. The highest BCUT2D eigenvalue weighted by molar-refractivity contribution is 5.68. The van der Waals surface area contributed by atoms with Crippen molar-refractivity contribution in [2.24, 2.45) is 5.73 Å². The van der Waals surface area contributed by atoms with Crippen LogP contribution in [0.1, 0.15) is 18.0 Å². The van der Waals surface area contributed by atoms with Gasteiger partial charge in [0.1, 0.15) is 5.75 Å². The van der Waals surface area contributed by atoms with Gasteiger partial charge in [0.05, 0.1) is 6.42 Å². The molecule has 0 saturated heterocycles. The Hall–Kier alpha value is -1.76. The van der Waals surface area contributed by atoms with Crippen LogP contribution >= 0.6 is 0 Å². The molecule has 0 amide bonds. The first kappa shape index (κ1) is 13.3. The lowest BCUT2D eigenvalue weighted by Crippen LogP contribution is -2.21. The summed E-state index contributed by atoms with van der Waals surface area (Å²) in [5.41, 5.74) is 5.49. The van der Waals surface area contributed by atoms with Crippen LogP contribution in [0.25, 0.3) is 0 Å². The number of hydrogen-bond acceptors (Lipinski definition) is 3. The summed E-state index contributed by atoms with van der Waals surface area (Å²) in [5, 5.41) is 8.53. The monoisotopic (exact) mass is 249 g/mol. The third-order valence-electron chi connectivity index (χ3n) is 1.94. The minimum atomic E-state index is -4.83. The van der Waals surface area contributed by atoms with Crippen LogP contribution in [0.15, 0.2) is 24.3 Å². The molecule has 4 nitrogen and oxygen atoms in total. The number of nitrogens with two attached hydrogens (primary N) is 1. The number of ether oxygens (including phenoxy) is 1. The van der Waals surface area contributed by atoms with Crippen molar-refractivity contribution in [1.82, 2.24) is 0 Å². The highest BCUT2D eigenvalue weighted by Crippen LogP contribution is 2.30. The molecule has 1 unspecified atom stereocenters. The lowest BCUT2D eigenvalue weighted by Gasteiger charge is -2.16. The third-order valence-corrected chi connectivity index (χ3v) is 1.94. The summed E-state index contributed by atoms with van der Waals surface area (Å²) < 4.78 is 40.0. The largest absolute Gasteiger partial charge is 0.573 e. The summed E-state index contributed by atoms with van der Waals surface area (Å²) in [6, 6.07) is 4.14. The van der Waals surface area contributed by atoms with E-state index in [1.54, 1.807) is 0 Å². The molecule has 0 aliphatic heterocycles. The minimum Gasteiger partial charge on any atom is -0.481 e. The number of carboxylic acids is 1. The number of halogens is 3. The van der Waals surface area contributed by atoms with Crippen LogP contribution in [0, 0.1) is 0 Å². The van der Waals surface area contributed by atoms with Crippen molar-refractivity contribution in [3.63, 3.8) is 0 Å². The Labute approximate surface area is 94.8 Å². The molecule has 0 radical (unpaired) electrons. The predicted octanol–water partition coefficient (Wildman–Crippen LogP) is 2.06. The first-order chi connectivity index (χ1) is 7.79. The zero-order valence-corrected chi connectivity index (χ0v) is 8.57. The van der Waals surface area contributed by atoms with Gasteiger partial charge in [0, 0.05) is 11.6 Å². The second-order valence-corrected chi connectivity index (χ2v) is 3.29. The molecule has 0 fully saturated rings. The second kappa shape index (κ2) is 5.05. The average Bonchev–Trinajstić information content (AvgIpc) is 2.14. The summed E-state index contributed by atoms with van der Waals surface area (Å²) in [6.07, 6.45) is -5.31. The molecule has 3 N–H and O–H groups in total. The minimum absolute atomic E-state index is 0.00669. The Morgan fingerprint density at radius 2 is 2.00 bits per heavy atom. The highest BCUT2D eigenvalue weighted by atomic mass is 19.4. The Bertz CT molecular complexity index is 406. The Morgan fingerprint density at radius 1 is 1.41 bits per heavy atom. The van der Waals surface area contributed by atoms with Crippen LogP contribution in [0.2, 0.25) is 0 Å². The van der Waals surface area contributed by atoms with E-state index in [9.17, 15) is 18.0 Å². The number of para-hydroxylation sites is 1. The van der Waals surface area contributed by atoms with Gasteiger partial charge in [-0.1, -0.05) is 18.2 Å². The number of aliphatic carboxylic acids is 1. The molecule has 0 aromatic heterocycles. The van der Waals surface area contributed by atoms with Crippen LogP contribution in [-0.2, 0) is 4.79 Å². The number of benzene rings is 1.